The molecule has 2 aliphatic rings. The summed E-state index contributed by atoms with van der Waals surface area (Å²) in [4.78, 5) is 12.0. The summed E-state index contributed by atoms with van der Waals surface area (Å²) in [5.41, 5.74) is 0. The van der Waals surface area contributed by atoms with Gasteiger partial charge in [-0.3, -0.25) is 4.79 Å². The van der Waals surface area contributed by atoms with Crippen LogP contribution in [0.3, 0.4) is 0 Å². The average Bonchev–Trinajstić information content (AvgIpc) is 2.27. The quantitative estimate of drug-likeness (QED) is 0.671. The van der Waals surface area contributed by atoms with Gasteiger partial charge in [0.15, 0.2) is 0 Å². The molecular formula is C14H24O2. The summed E-state index contributed by atoms with van der Waals surface area (Å²) < 4.78 is 5.40. The maximum Gasteiger partial charge on any atom is 0.309 e. The van der Waals surface area contributed by atoms with E-state index < -0.39 is 0 Å². The average molecular weight is 224 g/mol. The summed E-state index contributed by atoms with van der Waals surface area (Å²) >= 11 is 0. The lowest BCUT2D eigenvalue weighted by atomic mass is 9.65. The molecule has 2 rings (SSSR count). The maximum absolute atomic E-state index is 12.0. The zero-order chi connectivity index (χ0) is 11.5. The van der Waals surface area contributed by atoms with E-state index in [1.807, 2.05) is 13.8 Å². The van der Waals surface area contributed by atoms with E-state index in [0.29, 0.717) is 5.92 Å². The lowest BCUT2D eigenvalue weighted by molar-refractivity contribution is -0.157. The molecule has 0 heterocycles. The van der Waals surface area contributed by atoms with E-state index in [1.165, 1.54) is 38.5 Å². The molecule has 2 aliphatic carbocycles. The van der Waals surface area contributed by atoms with Gasteiger partial charge in [0.05, 0.1) is 12.0 Å². The zero-order valence-electron chi connectivity index (χ0n) is 10.6. The highest BCUT2D eigenvalue weighted by atomic mass is 16.5. The van der Waals surface area contributed by atoms with Gasteiger partial charge in [-0.15, -0.1) is 0 Å². The molecule has 0 saturated heterocycles. The number of carbonyl (C=O) groups excluding carboxylic acids is 1. The maximum atomic E-state index is 12.0. The number of rotatable bonds is 2. The third kappa shape index (κ3) is 2.58. The first-order valence-corrected chi connectivity index (χ1v) is 6.89. The van der Waals surface area contributed by atoms with E-state index in [9.17, 15) is 4.79 Å². The van der Waals surface area contributed by atoms with E-state index in [0.717, 1.165) is 12.3 Å². The van der Waals surface area contributed by atoms with Gasteiger partial charge in [-0.2, -0.15) is 0 Å². The Morgan fingerprint density at radius 2 is 1.75 bits per heavy atom. The fourth-order valence-corrected chi connectivity index (χ4v) is 3.55. The second-order valence-corrected chi connectivity index (χ2v) is 5.73. The van der Waals surface area contributed by atoms with Crippen molar-refractivity contribution in [2.24, 2.45) is 17.8 Å². The van der Waals surface area contributed by atoms with Crippen LogP contribution in [0.15, 0.2) is 0 Å². The molecule has 0 bridgehead atoms. The summed E-state index contributed by atoms with van der Waals surface area (Å²) in [6.07, 6.45) is 8.94. The largest absolute Gasteiger partial charge is 0.463 e. The fourth-order valence-electron chi connectivity index (χ4n) is 3.55. The van der Waals surface area contributed by atoms with Crippen molar-refractivity contribution < 1.29 is 9.53 Å². The van der Waals surface area contributed by atoms with Crippen LogP contribution in [0.4, 0.5) is 0 Å². The molecule has 2 nitrogen and oxygen atoms in total. The van der Waals surface area contributed by atoms with Gasteiger partial charge in [-0.1, -0.05) is 32.1 Å². The van der Waals surface area contributed by atoms with Crippen molar-refractivity contribution in [3.05, 3.63) is 0 Å². The van der Waals surface area contributed by atoms with Gasteiger partial charge in [0.25, 0.3) is 0 Å². The van der Waals surface area contributed by atoms with Crippen LogP contribution in [0.25, 0.3) is 0 Å². The molecular weight excluding hydrogens is 200 g/mol. The minimum atomic E-state index is 0.0384. The van der Waals surface area contributed by atoms with E-state index >= 15 is 0 Å². The number of fused-ring (bicyclic) bond motifs is 1. The van der Waals surface area contributed by atoms with Crippen LogP contribution < -0.4 is 0 Å². The molecule has 0 amide bonds. The van der Waals surface area contributed by atoms with Crippen LogP contribution in [0, 0.1) is 17.8 Å². The van der Waals surface area contributed by atoms with Crippen LogP contribution in [-0.2, 0) is 9.53 Å². The molecule has 0 aromatic rings. The first kappa shape index (κ1) is 11.9. The van der Waals surface area contributed by atoms with Gasteiger partial charge in [0.1, 0.15) is 0 Å². The van der Waals surface area contributed by atoms with E-state index in [-0.39, 0.29) is 18.0 Å². The Hall–Kier alpha value is -0.530. The van der Waals surface area contributed by atoms with Gasteiger partial charge in [-0.25, -0.2) is 0 Å². The number of esters is 1. The predicted molar refractivity (Wildman–Crippen MR) is 64.0 cm³/mol. The lowest BCUT2D eigenvalue weighted by Crippen LogP contribution is -2.37. The highest BCUT2D eigenvalue weighted by Crippen LogP contribution is 2.44. The first-order valence-electron chi connectivity index (χ1n) is 6.89. The Morgan fingerprint density at radius 1 is 1.06 bits per heavy atom. The molecule has 0 N–H and O–H groups in total. The molecule has 0 radical (unpaired) electrons. The van der Waals surface area contributed by atoms with Crippen molar-refractivity contribution in [3.63, 3.8) is 0 Å². The number of hydrogen-bond acceptors (Lipinski definition) is 2. The van der Waals surface area contributed by atoms with Crippen molar-refractivity contribution >= 4 is 5.97 Å². The van der Waals surface area contributed by atoms with E-state index in [2.05, 4.69) is 0 Å². The Balaban J connectivity index is 1.99. The molecule has 2 heteroatoms. The predicted octanol–water partition coefficient (Wildman–Crippen LogP) is 3.54. The highest BCUT2D eigenvalue weighted by Gasteiger charge is 2.39. The second-order valence-electron chi connectivity index (χ2n) is 5.73. The minimum Gasteiger partial charge on any atom is -0.463 e. The molecule has 16 heavy (non-hydrogen) atoms. The van der Waals surface area contributed by atoms with Gasteiger partial charge in [0.2, 0.25) is 0 Å². The number of carbonyl (C=O) groups is 1. The van der Waals surface area contributed by atoms with Crippen molar-refractivity contribution in [2.75, 3.05) is 0 Å². The molecule has 2 saturated carbocycles. The van der Waals surface area contributed by atoms with E-state index in [1.54, 1.807) is 0 Å². The molecule has 3 atom stereocenters. The number of ether oxygens (including phenoxy) is 1. The van der Waals surface area contributed by atoms with Crippen LogP contribution in [0.1, 0.15) is 58.8 Å². The van der Waals surface area contributed by atoms with Crippen LogP contribution in [0.5, 0.6) is 0 Å². The Kier molecular flexibility index (Phi) is 3.88. The van der Waals surface area contributed by atoms with Gasteiger partial charge >= 0.3 is 5.97 Å². The van der Waals surface area contributed by atoms with Crippen molar-refractivity contribution in [1.82, 2.24) is 0 Å². The van der Waals surface area contributed by atoms with Gasteiger partial charge < -0.3 is 4.74 Å². The van der Waals surface area contributed by atoms with Crippen molar-refractivity contribution in [1.29, 1.82) is 0 Å². The topological polar surface area (TPSA) is 26.3 Å². The van der Waals surface area contributed by atoms with E-state index in [4.69, 9.17) is 4.74 Å². The number of hydrogen-bond donors (Lipinski definition) is 0. The third-order valence-electron chi connectivity index (χ3n) is 4.23. The Morgan fingerprint density at radius 3 is 2.50 bits per heavy atom. The zero-order valence-corrected chi connectivity index (χ0v) is 10.6. The second kappa shape index (κ2) is 5.20. The first-order chi connectivity index (χ1) is 7.68. The molecule has 0 aromatic heterocycles. The molecule has 0 spiro atoms. The summed E-state index contributed by atoms with van der Waals surface area (Å²) in [5, 5.41) is 0. The normalized spacial score (nSPS) is 34.6. The molecule has 0 aromatic carbocycles. The minimum absolute atomic E-state index is 0.0384. The third-order valence-corrected chi connectivity index (χ3v) is 4.23. The standard InChI is InChI=1S/C14H24O2/c1-10(2)16-14(15)13-9-5-7-11-6-3-4-8-12(11)13/h10-13H,3-9H2,1-2H3. The van der Waals surface area contributed by atoms with Crippen LogP contribution in [0.2, 0.25) is 0 Å². The molecule has 0 aliphatic heterocycles. The summed E-state index contributed by atoms with van der Waals surface area (Å²) in [6.45, 7) is 3.89. The van der Waals surface area contributed by atoms with Crippen molar-refractivity contribution in [2.45, 2.75) is 64.9 Å². The summed E-state index contributed by atoms with van der Waals surface area (Å²) in [7, 11) is 0. The molecule has 2 fully saturated rings. The summed E-state index contributed by atoms with van der Waals surface area (Å²) in [5.74, 6) is 1.73. The Labute approximate surface area is 98.7 Å². The SMILES string of the molecule is CC(C)OC(=O)C1CCCC2CCCCC21. The van der Waals surface area contributed by atoms with Crippen LogP contribution >= 0.6 is 0 Å². The van der Waals surface area contributed by atoms with Crippen molar-refractivity contribution in [3.8, 4) is 0 Å². The van der Waals surface area contributed by atoms with Gasteiger partial charge in [-0.05, 0) is 38.5 Å². The fraction of sp³-hybridized carbons (Fsp3) is 0.929. The molecule has 3 unspecified atom stereocenters. The van der Waals surface area contributed by atoms with Crippen LogP contribution in [-0.4, -0.2) is 12.1 Å². The smallest absolute Gasteiger partial charge is 0.309 e. The molecule has 92 valence electrons. The Bertz CT molecular complexity index is 245. The van der Waals surface area contributed by atoms with Gasteiger partial charge in [0, 0.05) is 0 Å². The highest BCUT2D eigenvalue weighted by molar-refractivity contribution is 5.73. The lowest BCUT2D eigenvalue weighted by Gasteiger charge is -2.40. The summed E-state index contributed by atoms with van der Waals surface area (Å²) in [6, 6.07) is 0. The monoisotopic (exact) mass is 224 g/mol.